The second-order valence-electron chi connectivity index (χ2n) is 2.36. The molecule has 0 saturated heterocycles. The minimum Gasteiger partial charge on any atom is -0.396 e. The van der Waals surface area contributed by atoms with Crippen molar-refractivity contribution < 1.29 is 15.0 Å². The molecule has 0 saturated carbocycles. The van der Waals surface area contributed by atoms with Gasteiger partial charge >= 0.3 is 0 Å². The predicted molar refractivity (Wildman–Crippen MR) is 44.4 cm³/mol. The van der Waals surface area contributed by atoms with Gasteiger partial charge in [0.25, 0.3) is 0 Å². The fourth-order valence-corrected chi connectivity index (χ4v) is 0.158. The Morgan fingerprint density at radius 2 is 1.91 bits per heavy atom. The molecule has 0 aliphatic rings. The topological polar surface area (TPSA) is 57.5 Å². The molecule has 1 unspecified atom stereocenters. The molecular weight excluding hydrogens is 144 g/mol. The smallest absolute Gasteiger partial charge is 0.157 e. The van der Waals surface area contributed by atoms with E-state index in [9.17, 15) is 4.79 Å². The van der Waals surface area contributed by atoms with Crippen LogP contribution in [-0.4, -0.2) is 28.7 Å². The fourth-order valence-electron chi connectivity index (χ4n) is 0.158. The van der Waals surface area contributed by atoms with Crippen molar-refractivity contribution in [2.24, 2.45) is 0 Å². The maximum absolute atomic E-state index is 9.89. The molecule has 3 nitrogen and oxygen atoms in total. The van der Waals surface area contributed by atoms with Crippen molar-refractivity contribution in [2.45, 2.75) is 39.7 Å². The van der Waals surface area contributed by atoms with Gasteiger partial charge in [0.1, 0.15) is 6.10 Å². The number of aliphatic hydroxyl groups excluding tert-OH is 2. The summed E-state index contributed by atoms with van der Waals surface area (Å²) >= 11 is 0. The van der Waals surface area contributed by atoms with Crippen LogP contribution in [0.25, 0.3) is 0 Å². The van der Waals surface area contributed by atoms with Gasteiger partial charge in [0.2, 0.25) is 0 Å². The van der Waals surface area contributed by atoms with Crippen LogP contribution in [0.2, 0.25) is 0 Å². The molecule has 0 rings (SSSR count). The Bertz CT molecular complexity index is 87.3. The summed E-state index contributed by atoms with van der Waals surface area (Å²) in [5, 5.41) is 16.3. The fraction of sp³-hybridized carbons (Fsp3) is 0.875. The lowest BCUT2D eigenvalue weighted by Gasteiger charge is -1.90. The van der Waals surface area contributed by atoms with Crippen LogP contribution in [0, 0.1) is 0 Å². The number of carbonyl (C=O) groups is 1. The molecular formula is C8H18O3. The summed E-state index contributed by atoms with van der Waals surface area (Å²) in [6.45, 7) is 5.19. The quantitative estimate of drug-likeness (QED) is 0.643. The SMILES string of the molecule is CC(=O)C(C)O.CCCCO. The molecule has 11 heavy (non-hydrogen) atoms. The van der Waals surface area contributed by atoms with Crippen molar-refractivity contribution in [3.05, 3.63) is 0 Å². The summed E-state index contributed by atoms with van der Waals surface area (Å²) in [4.78, 5) is 9.89. The highest BCUT2D eigenvalue weighted by Gasteiger charge is 1.97. The van der Waals surface area contributed by atoms with Crippen LogP contribution in [-0.2, 0) is 4.79 Å². The summed E-state index contributed by atoms with van der Waals surface area (Å²) in [5.41, 5.74) is 0. The van der Waals surface area contributed by atoms with E-state index in [2.05, 4.69) is 6.92 Å². The first kappa shape index (κ1) is 13.2. The van der Waals surface area contributed by atoms with E-state index >= 15 is 0 Å². The van der Waals surface area contributed by atoms with Gasteiger partial charge in [-0.05, 0) is 20.3 Å². The zero-order chi connectivity index (χ0) is 9.28. The molecule has 0 spiro atoms. The van der Waals surface area contributed by atoms with Crippen LogP contribution < -0.4 is 0 Å². The lowest BCUT2D eigenvalue weighted by molar-refractivity contribution is -0.124. The zero-order valence-electron chi connectivity index (χ0n) is 7.50. The largest absolute Gasteiger partial charge is 0.396 e. The van der Waals surface area contributed by atoms with Crippen LogP contribution in [0.15, 0.2) is 0 Å². The lowest BCUT2D eigenvalue weighted by Crippen LogP contribution is -2.10. The Kier molecular flexibility index (Phi) is 11.5. The average molecular weight is 162 g/mol. The van der Waals surface area contributed by atoms with Crippen LogP contribution in [0.4, 0.5) is 0 Å². The number of aliphatic hydroxyl groups is 2. The number of hydrogen-bond donors (Lipinski definition) is 2. The third-order valence-electron chi connectivity index (χ3n) is 1.10. The molecule has 0 aromatic heterocycles. The van der Waals surface area contributed by atoms with Crippen molar-refractivity contribution in [1.82, 2.24) is 0 Å². The Hall–Kier alpha value is -0.410. The summed E-state index contributed by atoms with van der Waals surface area (Å²) in [5.74, 6) is -0.185. The van der Waals surface area contributed by atoms with Crippen LogP contribution >= 0.6 is 0 Å². The molecule has 0 heterocycles. The van der Waals surface area contributed by atoms with E-state index in [4.69, 9.17) is 10.2 Å². The monoisotopic (exact) mass is 162 g/mol. The normalized spacial score (nSPS) is 11.4. The first-order chi connectivity index (χ1) is 5.06. The molecule has 0 aromatic carbocycles. The van der Waals surface area contributed by atoms with Crippen molar-refractivity contribution in [3.8, 4) is 0 Å². The molecule has 0 aromatic rings. The van der Waals surface area contributed by atoms with Crippen molar-refractivity contribution in [2.75, 3.05) is 6.61 Å². The molecule has 1 atom stereocenters. The highest BCUT2D eigenvalue weighted by Crippen LogP contribution is 1.79. The van der Waals surface area contributed by atoms with Crippen LogP contribution in [0.3, 0.4) is 0 Å². The zero-order valence-corrected chi connectivity index (χ0v) is 7.50. The van der Waals surface area contributed by atoms with Gasteiger partial charge in [-0.25, -0.2) is 0 Å². The maximum Gasteiger partial charge on any atom is 0.157 e. The maximum atomic E-state index is 9.89. The summed E-state index contributed by atoms with van der Waals surface area (Å²) in [7, 11) is 0. The van der Waals surface area contributed by atoms with E-state index in [0.717, 1.165) is 12.8 Å². The molecule has 0 fully saturated rings. The van der Waals surface area contributed by atoms with Crippen molar-refractivity contribution in [3.63, 3.8) is 0 Å². The van der Waals surface area contributed by atoms with Gasteiger partial charge < -0.3 is 10.2 Å². The average Bonchev–Trinajstić information content (AvgIpc) is 1.90. The van der Waals surface area contributed by atoms with Crippen LogP contribution in [0.5, 0.6) is 0 Å². The Morgan fingerprint density at radius 1 is 1.55 bits per heavy atom. The first-order valence-electron chi connectivity index (χ1n) is 3.85. The number of rotatable bonds is 3. The molecule has 68 valence electrons. The molecule has 3 heteroatoms. The molecule has 0 aliphatic carbocycles. The summed E-state index contributed by atoms with van der Waals surface area (Å²) in [6, 6.07) is 0. The lowest BCUT2D eigenvalue weighted by atomic mass is 10.3. The summed E-state index contributed by atoms with van der Waals surface area (Å²) < 4.78 is 0. The van der Waals surface area contributed by atoms with E-state index in [-0.39, 0.29) is 5.78 Å². The van der Waals surface area contributed by atoms with Crippen molar-refractivity contribution >= 4 is 5.78 Å². The number of hydrogen-bond acceptors (Lipinski definition) is 3. The van der Waals surface area contributed by atoms with Crippen molar-refractivity contribution in [1.29, 1.82) is 0 Å². The highest BCUT2D eigenvalue weighted by atomic mass is 16.3. The number of carbonyl (C=O) groups excluding carboxylic acids is 1. The predicted octanol–water partition coefficient (Wildman–Crippen LogP) is 0.735. The van der Waals surface area contributed by atoms with E-state index in [1.165, 1.54) is 13.8 Å². The van der Waals surface area contributed by atoms with Gasteiger partial charge in [-0.2, -0.15) is 0 Å². The minimum absolute atomic E-state index is 0.185. The standard InChI is InChI=1S/C4H8O2.C4H10O/c1-3(5)4(2)6;1-2-3-4-5/h3,5H,1-2H3;5H,2-4H2,1H3. The summed E-state index contributed by atoms with van der Waals surface area (Å²) in [6.07, 6.45) is 1.25. The molecule has 0 amide bonds. The molecule has 2 N–H and O–H groups in total. The van der Waals surface area contributed by atoms with Gasteiger partial charge in [-0.1, -0.05) is 13.3 Å². The minimum atomic E-state index is -0.787. The number of Topliss-reactive ketones (excluding diaryl/α,β-unsaturated/α-hetero) is 1. The van der Waals surface area contributed by atoms with Gasteiger partial charge in [0, 0.05) is 6.61 Å². The Labute approximate surface area is 68.0 Å². The number of unbranched alkanes of at least 4 members (excludes halogenated alkanes) is 1. The third kappa shape index (κ3) is 17.7. The van der Waals surface area contributed by atoms with Gasteiger partial charge in [-0.3, -0.25) is 4.79 Å². The molecule has 0 aliphatic heterocycles. The second kappa shape index (κ2) is 9.59. The van der Waals surface area contributed by atoms with Gasteiger partial charge in [0.15, 0.2) is 5.78 Å². The van der Waals surface area contributed by atoms with E-state index in [0.29, 0.717) is 6.61 Å². The van der Waals surface area contributed by atoms with Crippen LogP contribution in [0.1, 0.15) is 33.6 Å². The molecule has 0 bridgehead atoms. The molecule has 0 radical (unpaired) electrons. The number of ketones is 1. The van der Waals surface area contributed by atoms with Gasteiger partial charge in [0.05, 0.1) is 0 Å². The van der Waals surface area contributed by atoms with E-state index in [1.54, 1.807) is 0 Å². The highest BCUT2D eigenvalue weighted by molar-refractivity contribution is 5.79. The van der Waals surface area contributed by atoms with E-state index < -0.39 is 6.10 Å². The second-order valence-corrected chi connectivity index (χ2v) is 2.36. The third-order valence-corrected chi connectivity index (χ3v) is 1.10. The van der Waals surface area contributed by atoms with E-state index in [1.807, 2.05) is 0 Å². The Balaban J connectivity index is 0. The first-order valence-corrected chi connectivity index (χ1v) is 3.85. The van der Waals surface area contributed by atoms with Gasteiger partial charge in [-0.15, -0.1) is 0 Å². The Morgan fingerprint density at radius 3 is 1.91 bits per heavy atom.